The number of sulfonamides is 1. The minimum Gasteiger partial charge on any atom is -0.329 e. The lowest BCUT2D eigenvalue weighted by Gasteiger charge is -2.11. The van der Waals surface area contributed by atoms with Crippen LogP contribution in [0.2, 0.25) is 5.02 Å². The molecule has 4 nitrogen and oxygen atoms in total. The van der Waals surface area contributed by atoms with E-state index in [0.29, 0.717) is 5.02 Å². The third kappa shape index (κ3) is 3.46. The van der Waals surface area contributed by atoms with E-state index < -0.39 is 10.0 Å². The van der Waals surface area contributed by atoms with Gasteiger partial charge in [0.25, 0.3) is 0 Å². The molecule has 1 unspecified atom stereocenters. The van der Waals surface area contributed by atoms with Crippen LogP contribution in [0.4, 0.5) is 0 Å². The minimum absolute atomic E-state index is 0.187. The smallest absolute Gasteiger partial charge is 0.240 e. The maximum absolute atomic E-state index is 11.7. The van der Waals surface area contributed by atoms with E-state index in [9.17, 15) is 8.42 Å². The van der Waals surface area contributed by atoms with Gasteiger partial charge in [-0.25, -0.2) is 13.1 Å². The first kappa shape index (κ1) is 12.4. The fourth-order valence-electron chi connectivity index (χ4n) is 0.995. The first-order chi connectivity index (χ1) is 6.95. The zero-order valence-corrected chi connectivity index (χ0v) is 9.85. The standard InChI is InChI=1S/C9H13ClN2O2S/c1-7(6-11)12-15(13,14)9-4-2-8(10)3-5-9/h2-5,7,12H,6,11H2,1H3. The highest BCUT2D eigenvalue weighted by molar-refractivity contribution is 7.89. The molecule has 0 bridgehead atoms. The van der Waals surface area contributed by atoms with Crippen LogP contribution >= 0.6 is 11.6 Å². The number of rotatable bonds is 4. The van der Waals surface area contributed by atoms with E-state index in [4.69, 9.17) is 17.3 Å². The molecule has 0 aliphatic carbocycles. The van der Waals surface area contributed by atoms with E-state index in [2.05, 4.69) is 4.72 Å². The number of nitrogens with two attached hydrogens (primary N) is 1. The summed E-state index contributed by atoms with van der Waals surface area (Å²) in [4.78, 5) is 0.187. The van der Waals surface area contributed by atoms with E-state index in [1.165, 1.54) is 24.3 Å². The normalized spacial score (nSPS) is 13.8. The van der Waals surface area contributed by atoms with Gasteiger partial charge in [-0.15, -0.1) is 0 Å². The second kappa shape index (κ2) is 4.94. The highest BCUT2D eigenvalue weighted by Gasteiger charge is 2.15. The van der Waals surface area contributed by atoms with Crippen molar-refractivity contribution in [3.63, 3.8) is 0 Å². The molecule has 84 valence electrons. The number of hydrogen-bond acceptors (Lipinski definition) is 3. The van der Waals surface area contributed by atoms with Crippen LogP contribution in [0.5, 0.6) is 0 Å². The van der Waals surface area contributed by atoms with Crippen molar-refractivity contribution >= 4 is 21.6 Å². The topological polar surface area (TPSA) is 72.2 Å². The molecule has 0 fully saturated rings. The zero-order chi connectivity index (χ0) is 11.5. The first-order valence-corrected chi connectivity index (χ1v) is 6.30. The summed E-state index contributed by atoms with van der Waals surface area (Å²) >= 11 is 5.66. The highest BCUT2D eigenvalue weighted by atomic mass is 35.5. The van der Waals surface area contributed by atoms with Gasteiger partial charge in [-0.1, -0.05) is 11.6 Å². The summed E-state index contributed by atoms with van der Waals surface area (Å²) < 4.78 is 25.9. The van der Waals surface area contributed by atoms with E-state index in [1.807, 2.05) is 0 Å². The number of nitrogens with one attached hydrogen (secondary N) is 1. The minimum atomic E-state index is -3.48. The molecule has 0 aliphatic heterocycles. The van der Waals surface area contributed by atoms with Crippen molar-refractivity contribution in [1.82, 2.24) is 4.72 Å². The maximum atomic E-state index is 11.7. The van der Waals surface area contributed by atoms with Gasteiger partial charge in [-0.3, -0.25) is 0 Å². The van der Waals surface area contributed by atoms with Crippen LogP contribution in [-0.4, -0.2) is 21.0 Å². The third-order valence-corrected chi connectivity index (χ3v) is 3.69. The molecule has 0 saturated carbocycles. The summed E-state index contributed by atoms with van der Waals surface area (Å²) in [7, 11) is -3.48. The summed E-state index contributed by atoms with van der Waals surface area (Å²) in [5, 5.41) is 0.501. The van der Waals surface area contributed by atoms with E-state index in [0.717, 1.165) is 0 Å². The number of hydrogen-bond donors (Lipinski definition) is 2. The predicted molar refractivity (Wildman–Crippen MR) is 60.3 cm³/mol. The van der Waals surface area contributed by atoms with Crippen molar-refractivity contribution in [3.8, 4) is 0 Å². The van der Waals surface area contributed by atoms with Gasteiger partial charge >= 0.3 is 0 Å². The molecule has 0 aromatic heterocycles. The fourth-order valence-corrected chi connectivity index (χ4v) is 2.38. The van der Waals surface area contributed by atoms with Crippen molar-refractivity contribution in [3.05, 3.63) is 29.3 Å². The van der Waals surface area contributed by atoms with Gasteiger partial charge in [0.1, 0.15) is 0 Å². The van der Waals surface area contributed by atoms with E-state index in [1.54, 1.807) is 6.92 Å². The Bertz CT molecular complexity index is 416. The average Bonchev–Trinajstić information content (AvgIpc) is 2.17. The maximum Gasteiger partial charge on any atom is 0.240 e. The first-order valence-electron chi connectivity index (χ1n) is 4.43. The van der Waals surface area contributed by atoms with E-state index in [-0.39, 0.29) is 17.5 Å². The van der Waals surface area contributed by atoms with Crippen LogP contribution in [0, 0.1) is 0 Å². The van der Waals surface area contributed by atoms with Gasteiger partial charge in [-0.2, -0.15) is 0 Å². The summed E-state index contributed by atoms with van der Waals surface area (Å²) in [6.45, 7) is 1.96. The molecule has 3 N–H and O–H groups in total. The Labute approximate surface area is 94.5 Å². The molecule has 15 heavy (non-hydrogen) atoms. The number of halogens is 1. The summed E-state index contributed by atoms with van der Waals surface area (Å²) in [6, 6.07) is 5.68. The molecule has 0 amide bonds. The monoisotopic (exact) mass is 248 g/mol. The lowest BCUT2D eigenvalue weighted by atomic mass is 10.4. The Morgan fingerprint density at radius 2 is 1.93 bits per heavy atom. The molecule has 0 heterocycles. The Morgan fingerprint density at radius 1 is 1.40 bits per heavy atom. The zero-order valence-electron chi connectivity index (χ0n) is 8.27. The Kier molecular flexibility index (Phi) is 4.10. The summed E-state index contributed by atoms with van der Waals surface area (Å²) in [6.07, 6.45) is 0. The van der Waals surface area contributed by atoms with Crippen molar-refractivity contribution in [1.29, 1.82) is 0 Å². The molecule has 1 aromatic rings. The van der Waals surface area contributed by atoms with Crippen LogP contribution in [0.25, 0.3) is 0 Å². The van der Waals surface area contributed by atoms with Gasteiger partial charge in [0.2, 0.25) is 10.0 Å². The Morgan fingerprint density at radius 3 is 2.40 bits per heavy atom. The average molecular weight is 249 g/mol. The quantitative estimate of drug-likeness (QED) is 0.834. The highest BCUT2D eigenvalue weighted by Crippen LogP contribution is 2.13. The molecule has 0 spiro atoms. The molecule has 0 saturated heterocycles. The van der Waals surface area contributed by atoms with Gasteiger partial charge in [0.15, 0.2) is 0 Å². The molecule has 1 atom stereocenters. The van der Waals surface area contributed by atoms with Gasteiger partial charge in [0, 0.05) is 17.6 Å². The molecule has 0 aliphatic rings. The lowest BCUT2D eigenvalue weighted by Crippen LogP contribution is -2.37. The Hall–Kier alpha value is -0.620. The largest absolute Gasteiger partial charge is 0.329 e. The van der Waals surface area contributed by atoms with Gasteiger partial charge in [-0.05, 0) is 31.2 Å². The SMILES string of the molecule is CC(CN)NS(=O)(=O)c1ccc(Cl)cc1. The summed E-state index contributed by atoms with van der Waals surface area (Å²) in [5.41, 5.74) is 5.33. The molecule has 1 rings (SSSR count). The van der Waals surface area contributed by atoms with Gasteiger partial charge in [0.05, 0.1) is 4.90 Å². The molecular formula is C9H13ClN2O2S. The van der Waals surface area contributed by atoms with E-state index >= 15 is 0 Å². The molecular weight excluding hydrogens is 236 g/mol. The van der Waals surface area contributed by atoms with Crippen LogP contribution < -0.4 is 10.5 Å². The van der Waals surface area contributed by atoms with Crippen molar-refractivity contribution in [2.45, 2.75) is 17.9 Å². The lowest BCUT2D eigenvalue weighted by molar-refractivity contribution is 0.562. The van der Waals surface area contributed by atoms with Crippen molar-refractivity contribution < 1.29 is 8.42 Å². The predicted octanol–water partition coefficient (Wildman–Crippen LogP) is 0.966. The van der Waals surface area contributed by atoms with Crippen molar-refractivity contribution in [2.75, 3.05) is 6.54 Å². The fraction of sp³-hybridized carbons (Fsp3) is 0.333. The Balaban J connectivity index is 2.91. The third-order valence-electron chi connectivity index (χ3n) is 1.83. The van der Waals surface area contributed by atoms with Gasteiger partial charge < -0.3 is 5.73 Å². The van der Waals surface area contributed by atoms with Crippen LogP contribution in [0.15, 0.2) is 29.2 Å². The summed E-state index contributed by atoms with van der Waals surface area (Å²) in [5.74, 6) is 0. The second-order valence-corrected chi connectivity index (χ2v) is 5.36. The van der Waals surface area contributed by atoms with Crippen LogP contribution in [0.1, 0.15) is 6.92 Å². The number of benzene rings is 1. The molecule has 0 radical (unpaired) electrons. The van der Waals surface area contributed by atoms with Crippen molar-refractivity contribution in [2.24, 2.45) is 5.73 Å². The molecule has 1 aromatic carbocycles. The van der Waals surface area contributed by atoms with Crippen LogP contribution in [-0.2, 0) is 10.0 Å². The second-order valence-electron chi connectivity index (χ2n) is 3.21. The van der Waals surface area contributed by atoms with Crippen LogP contribution in [0.3, 0.4) is 0 Å². The molecule has 6 heteroatoms.